The molecule has 2 rings (SSSR count). The molecule has 1 aromatic carbocycles. The van der Waals surface area contributed by atoms with E-state index >= 15 is 0 Å². The lowest BCUT2D eigenvalue weighted by Gasteiger charge is -2.07. The third-order valence-electron chi connectivity index (χ3n) is 2.23. The van der Waals surface area contributed by atoms with Crippen LogP contribution < -0.4 is 4.74 Å². The van der Waals surface area contributed by atoms with Crippen LogP contribution in [0, 0.1) is 0 Å². The first kappa shape index (κ1) is 12.6. The predicted octanol–water partition coefficient (Wildman–Crippen LogP) is 4.40. The van der Waals surface area contributed by atoms with Gasteiger partial charge < -0.3 is 4.74 Å². The van der Waals surface area contributed by atoms with Crippen LogP contribution in [0.25, 0.3) is 0 Å². The summed E-state index contributed by atoms with van der Waals surface area (Å²) < 4.78 is 6.01. The second kappa shape index (κ2) is 5.21. The number of methoxy groups -OCH3 is 1. The van der Waals surface area contributed by atoms with Gasteiger partial charge in [-0.2, -0.15) is 0 Å². The monoisotopic (exact) mass is 330 g/mol. The first-order valence-electron chi connectivity index (χ1n) is 4.74. The number of thiophene rings is 1. The highest BCUT2D eigenvalue weighted by Crippen LogP contribution is 2.30. The van der Waals surface area contributed by atoms with Gasteiger partial charge in [-0.05, 0) is 29.6 Å². The van der Waals surface area contributed by atoms with Crippen molar-refractivity contribution in [2.45, 2.75) is 0 Å². The fraction of sp³-hybridized carbons (Fsp3) is 0.0833. The van der Waals surface area contributed by atoms with Gasteiger partial charge in [-0.3, -0.25) is 4.79 Å². The Hall–Kier alpha value is -0.840. The van der Waals surface area contributed by atoms with Crippen LogP contribution in [0.5, 0.6) is 5.75 Å². The zero-order valence-electron chi connectivity index (χ0n) is 8.87. The molecule has 0 amide bonds. The second-order valence-electron chi connectivity index (χ2n) is 3.27. The van der Waals surface area contributed by atoms with Crippen LogP contribution in [0.3, 0.4) is 0 Å². The van der Waals surface area contributed by atoms with Crippen LogP contribution in [-0.4, -0.2) is 12.9 Å². The first-order chi connectivity index (χ1) is 8.13. The Morgan fingerprint density at radius 1 is 1.41 bits per heavy atom. The smallest absolute Gasteiger partial charge is 0.208 e. The Labute approximate surface area is 116 Å². The Balaban J connectivity index is 2.50. The van der Waals surface area contributed by atoms with Crippen LogP contribution in [-0.2, 0) is 0 Å². The average Bonchev–Trinajstić information content (AvgIpc) is 2.74. The lowest BCUT2D eigenvalue weighted by molar-refractivity contribution is 0.103. The van der Waals surface area contributed by atoms with Gasteiger partial charge in [0.25, 0.3) is 0 Å². The van der Waals surface area contributed by atoms with E-state index in [9.17, 15) is 4.79 Å². The Morgan fingerprint density at radius 2 is 2.18 bits per heavy atom. The van der Waals surface area contributed by atoms with E-state index in [0.717, 1.165) is 4.47 Å². The third-order valence-corrected chi connectivity index (χ3v) is 4.06. The largest absolute Gasteiger partial charge is 0.496 e. The van der Waals surface area contributed by atoms with Crippen molar-refractivity contribution in [3.63, 3.8) is 0 Å². The lowest BCUT2D eigenvalue weighted by atomic mass is 10.1. The minimum Gasteiger partial charge on any atom is -0.496 e. The van der Waals surface area contributed by atoms with Gasteiger partial charge in [0.1, 0.15) is 5.75 Å². The van der Waals surface area contributed by atoms with Gasteiger partial charge in [-0.25, -0.2) is 0 Å². The average molecular weight is 332 g/mol. The van der Waals surface area contributed by atoms with Crippen LogP contribution in [0.1, 0.15) is 15.2 Å². The minimum atomic E-state index is -0.122. The molecular weight excluding hydrogens is 324 g/mol. The lowest BCUT2D eigenvalue weighted by Crippen LogP contribution is -2.02. The van der Waals surface area contributed by atoms with E-state index in [1.165, 1.54) is 18.4 Å². The Kier molecular flexibility index (Phi) is 3.86. The molecule has 2 nitrogen and oxygen atoms in total. The van der Waals surface area contributed by atoms with Crippen LogP contribution in [0.2, 0.25) is 5.02 Å². The summed E-state index contributed by atoms with van der Waals surface area (Å²) in [5, 5.41) is 2.27. The molecule has 0 saturated heterocycles. The molecule has 0 unspecified atom stereocenters. The van der Waals surface area contributed by atoms with Crippen molar-refractivity contribution in [2.75, 3.05) is 7.11 Å². The summed E-state index contributed by atoms with van der Waals surface area (Å²) in [5.41, 5.74) is 0.506. The van der Waals surface area contributed by atoms with E-state index in [2.05, 4.69) is 15.9 Å². The molecule has 1 heterocycles. The predicted molar refractivity (Wildman–Crippen MR) is 73.5 cm³/mol. The number of rotatable bonds is 3. The zero-order valence-corrected chi connectivity index (χ0v) is 12.0. The summed E-state index contributed by atoms with van der Waals surface area (Å²) in [7, 11) is 1.54. The van der Waals surface area contributed by atoms with Gasteiger partial charge in [0, 0.05) is 4.47 Å². The van der Waals surface area contributed by atoms with E-state index in [1.807, 2.05) is 6.07 Å². The summed E-state index contributed by atoms with van der Waals surface area (Å²) in [6.45, 7) is 0. The molecule has 0 radical (unpaired) electrons. The van der Waals surface area contributed by atoms with Crippen molar-refractivity contribution in [3.8, 4) is 5.75 Å². The van der Waals surface area contributed by atoms with Crippen molar-refractivity contribution >= 4 is 44.7 Å². The van der Waals surface area contributed by atoms with Gasteiger partial charge in [0.2, 0.25) is 5.78 Å². The fourth-order valence-electron chi connectivity index (χ4n) is 1.44. The molecule has 0 atom stereocenters. The molecule has 0 saturated carbocycles. The number of halogens is 2. The van der Waals surface area contributed by atoms with Gasteiger partial charge >= 0.3 is 0 Å². The van der Waals surface area contributed by atoms with Gasteiger partial charge in [-0.15, -0.1) is 11.3 Å². The SMILES string of the molecule is COc1ccc(Br)cc1C(=O)c1sccc1Cl. The molecule has 0 aliphatic carbocycles. The van der Waals surface area contributed by atoms with E-state index in [-0.39, 0.29) is 5.78 Å². The second-order valence-corrected chi connectivity index (χ2v) is 5.51. The van der Waals surface area contributed by atoms with Crippen molar-refractivity contribution in [1.29, 1.82) is 0 Å². The standard InChI is InChI=1S/C12H8BrClO2S/c1-16-10-3-2-7(13)6-8(10)11(15)12-9(14)4-5-17-12/h2-6H,1H3. The number of hydrogen-bond acceptors (Lipinski definition) is 3. The summed E-state index contributed by atoms with van der Waals surface area (Å²) in [5.74, 6) is 0.422. The van der Waals surface area contributed by atoms with Crippen LogP contribution in [0.15, 0.2) is 34.1 Å². The highest BCUT2D eigenvalue weighted by Gasteiger charge is 2.18. The van der Waals surface area contributed by atoms with Crippen molar-refractivity contribution in [2.24, 2.45) is 0 Å². The van der Waals surface area contributed by atoms with Crippen molar-refractivity contribution in [1.82, 2.24) is 0 Å². The molecule has 88 valence electrons. The van der Waals surface area contributed by atoms with Crippen molar-refractivity contribution in [3.05, 3.63) is 49.6 Å². The fourth-order valence-corrected chi connectivity index (χ4v) is 2.89. The molecule has 5 heteroatoms. The number of ketones is 1. The number of hydrogen-bond donors (Lipinski definition) is 0. The molecule has 1 aromatic heterocycles. The van der Waals surface area contributed by atoms with E-state index < -0.39 is 0 Å². The first-order valence-corrected chi connectivity index (χ1v) is 6.79. The molecule has 0 spiro atoms. The molecule has 0 aliphatic heterocycles. The van der Waals surface area contributed by atoms with Crippen LogP contribution in [0.4, 0.5) is 0 Å². The number of carbonyl (C=O) groups excluding carboxylic acids is 1. The summed E-state index contributed by atoms with van der Waals surface area (Å²) in [6.07, 6.45) is 0. The maximum Gasteiger partial charge on any atom is 0.208 e. The minimum absolute atomic E-state index is 0.122. The van der Waals surface area contributed by atoms with Gasteiger partial charge in [0.15, 0.2) is 0 Å². The highest BCUT2D eigenvalue weighted by atomic mass is 79.9. The zero-order chi connectivity index (χ0) is 12.4. The normalized spacial score (nSPS) is 10.3. The number of ether oxygens (including phenoxy) is 1. The van der Waals surface area contributed by atoms with E-state index in [4.69, 9.17) is 16.3 Å². The summed E-state index contributed by atoms with van der Waals surface area (Å²) in [4.78, 5) is 12.8. The summed E-state index contributed by atoms with van der Waals surface area (Å²) >= 11 is 10.6. The third kappa shape index (κ3) is 2.54. The maximum absolute atomic E-state index is 12.3. The molecule has 0 bridgehead atoms. The van der Waals surface area contributed by atoms with E-state index in [1.54, 1.807) is 23.6 Å². The van der Waals surface area contributed by atoms with Gasteiger partial charge in [0.05, 0.1) is 22.6 Å². The molecule has 17 heavy (non-hydrogen) atoms. The Morgan fingerprint density at radius 3 is 2.76 bits per heavy atom. The summed E-state index contributed by atoms with van der Waals surface area (Å²) in [6, 6.07) is 7.02. The number of carbonyl (C=O) groups is 1. The van der Waals surface area contributed by atoms with E-state index in [0.29, 0.717) is 21.2 Å². The highest BCUT2D eigenvalue weighted by molar-refractivity contribution is 9.10. The number of benzene rings is 1. The van der Waals surface area contributed by atoms with Crippen molar-refractivity contribution < 1.29 is 9.53 Å². The molecular formula is C12H8BrClO2S. The molecule has 0 aliphatic rings. The molecule has 2 aromatic rings. The van der Waals surface area contributed by atoms with Crippen LogP contribution >= 0.6 is 38.9 Å². The quantitative estimate of drug-likeness (QED) is 0.779. The molecule has 0 N–H and O–H groups in total. The molecule has 0 fully saturated rings. The maximum atomic E-state index is 12.3. The topological polar surface area (TPSA) is 26.3 Å². The Bertz CT molecular complexity index is 565. The van der Waals surface area contributed by atoms with Gasteiger partial charge in [-0.1, -0.05) is 27.5 Å².